The Morgan fingerprint density at radius 1 is 0.763 bits per heavy atom. The highest BCUT2D eigenvalue weighted by atomic mass is 79.9. The van der Waals surface area contributed by atoms with Crippen LogP contribution in [0.4, 0.5) is 17.1 Å². The molecule has 188 valence electrons. The highest BCUT2D eigenvalue weighted by Crippen LogP contribution is 2.33. The molecule has 0 saturated carbocycles. The number of carbonyl (C=O) groups excluding carboxylic acids is 1. The lowest BCUT2D eigenvalue weighted by molar-refractivity contribution is 0.102. The van der Waals surface area contributed by atoms with Crippen molar-refractivity contribution in [3.05, 3.63) is 118 Å². The summed E-state index contributed by atoms with van der Waals surface area (Å²) in [6.45, 7) is 0. The summed E-state index contributed by atoms with van der Waals surface area (Å²) < 4.78 is 28.4. The standard InChI is InChI=1S/C28H18Br2N4O3S/c29-18-7-11-20(12-8-18)33-34-24-15-16-25(27-22(24)5-3-17-31-27)32-28(35)23-4-1-2-6-26(23)38(36,37)21-13-9-19(30)10-14-21/h1-17H,(H,32,35). The van der Waals surface area contributed by atoms with Gasteiger partial charge in [-0.05, 0) is 84.9 Å². The Labute approximate surface area is 235 Å². The Hall–Kier alpha value is -3.73. The van der Waals surface area contributed by atoms with Crippen molar-refractivity contribution in [3.8, 4) is 0 Å². The lowest BCUT2D eigenvalue weighted by Crippen LogP contribution is -2.17. The number of benzene rings is 4. The number of fused-ring (bicyclic) bond motifs is 1. The molecule has 1 heterocycles. The van der Waals surface area contributed by atoms with E-state index in [1.165, 1.54) is 24.3 Å². The van der Waals surface area contributed by atoms with Gasteiger partial charge >= 0.3 is 0 Å². The maximum absolute atomic E-state index is 13.4. The van der Waals surface area contributed by atoms with Gasteiger partial charge in [-0.15, -0.1) is 5.11 Å². The summed E-state index contributed by atoms with van der Waals surface area (Å²) in [6, 6.07) is 26.8. The molecular formula is C28H18Br2N4O3S. The molecule has 1 N–H and O–H groups in total. The number of nitrogens with zero attached hydrogens (tertiary/aromatic N) is 3. The first kappa shape index (κ1) is 25.9. The predicted molar refractivity (Wildman–Crippen MR) is 154 cm³/mol. The number of hydrogen-bond acceptors (Lipinski definition) is 6. The van der Waals surface area contributed by atoms with Gasteiger partial charge in [0.05, 0.1) is 37.9 Å². The fraction of sp³-hybridized carbons (Fsp3) is 0. The SMILES string of the molecule is O=C(Nc1ccc(N=Nc2ccc(Br)cc2)c2cccnc12)c1ccccc1S(=O)(=O)c1ccc(Br)cc1. The number of halogens is 2. The first-order valence-electron chi connectivity index (χ1n) is 11.3. The van der Waals surface area contributed by atoms with E-state index in [9.17, 15) is 13.2 Å². The van der Waals surface area contributed by atoms with Crippen molar-refractivity contribution in [2.75, 3.05) is 5.32 Å². The Kier molecular flexibility index (Phi) is 7.46. The molecule has 0 atom stereocenters. The highest BCUT2D eigenvalue weighted by Gasteiger charge is 2.24. The van der Waals surface area contributed by atoms with Crippen molar-refractivity contribution < 1.29 is 13.2 Å². The van der Waals surface area contributed by atoms with Gasteiger partial charge in [-0.2, -0.15) is 5.11 Å². The van der Waals surface area contributed by atoms with E-state index < -0.39 is 15.7 Å². The smallest absolute Gasteiger partial charge is 0.257 e. The van der Waals surface area contributed by atoms with E-state index in [1.54, 1.807) is 48.7 Å². The normalized spacial score (nSPS) is 11.6. The van der Waals surface area contributed by atoms with Crippen molar-refractivity contribution in [2.24, 2.45) is 10.2 Å². The van der Waals surface area contributed by atoms with Crippen LogP contribution in [0.15, 0.2) is 132 Å². The third-order valence-electron chi connectivity index (χ3n) is 5.64. The van der Waals surface area contributed by atoms with Crippen LogP contribution in [-0.4, -0.2) is 19.3 Å². The number of hydrogen-bond donors (Lipinski definition) is 1. The van der Waals surface area contributed by atoms with Gasteiger partial charge in [0.2, 0.25) is 9.84 Å². The molecule has 1 amide bonds. The van der Waals surface area contributed by atoms with Crippen molar-refractivity contribution in [2.45, 2.75) is 9.79 Å². The molecule has 0 bridgehead atoms. The molecule has 38 heavy (non-hydrogen) atoms. The molecule has 0 spiro atoms. The number of azo groups is 1. The second-order valence-corrected chi connectivity index (χ2v) is 11.9. The van der Waals surface area contributed by atoms with Crippen molar-refractivity contribution in [1.29, 1.82) is 0 Å². The van der Waals surface area contributed by atoms with E-state index in [4.69, 9.17) is 0 Å². The Morgan fingerprint density at radius 2 is 1.45 bits per heavy atom. The van der Waals surface area contributed by atoms with Gasteiger partial charge in [-0.3, -0.25) is 9.78 Å². The molecule has 1 aromatic heterocycles. The van der Waals surface area contributed by atoms with Crippen molar-refractivity contribution in [1.82, 2.24) is 4.98 Å². The number of anilines is 1. The minimum Gasteiger partial charge on any atom is -0.320 e. The molecule has 0 saturated heterocycles. The fourth-order valence-corrected chi connectivity index (χ4v) is 5.77. The maximum Gasteiger partial charge on any atom is 0.257 e. The Morgan fingerprint density at radius 3 is 2.18 bits per heavy atom. The van der Waals surface area contributed by atoms with E-state index in [0.29, 0.717) is 28.0 Å². The van der Waals surface area contributed by atoms with Crippen LogP contribution in [0.25, 0.3) is 10.9 Å². The molecule has 0 aliphatic heterocycles. The average molecular weight is 650 g/mol. The molecule has 10 heteroatoms. The quantitative estimate of drug-likeness (QED) is 0.187. The van der Waals surface area contributed by atoms with E-state index in [0.717, 1.165) is 8.95 Å². The molecule has 5 aromatic rings. The average Bonchev–Trinajstić information content (AvgIpc) is 2.93. The van der Waals surface area contributed by atoms with Crippen LogP contribution in [0.2, 0.25) is 0 Å². The number of rotatable bonds is 6. The largest absolute Gasteiger partial charge is 0.320 e. The van der Waals surface area contributed by atoms with Crippen LogP contribution < -0.4 is 5.32 Å². The second kappa shape index (κ2) is 10.9. The minimum atomic E-state index is -3.94. The van der Waals surface area contributed by atoms with Crippen LogP contribution in [0.5, 0.6) is 0 Å². The molecule has 0 radical (unpaired) electrons. The van der Waals surface area contributed by atoms with Gasteiger partial charge in [0.15, 0.2) is 0 Å². The zero-order valence-corrected chi connectivity index (χ0v) is 23.5. The van der Waals surface area contributed by atoms with Gasteiger partial charge in [0.1, 0.15) is 0 Å². The first-order valence-corrected chi connectivity index (χ1v) is 14.4. The number of nitrogens with one attached hydrogen (secondary N) is 1. The van der Waals surface area contributed by atoms with Gasteiger partial charge in [0, 0.05) is 20.5 Å². The summed E-state index contributed by atoms with van der Waals surface area (Å²) in [6.07, 6.45) is 1.61. The second-order valence-electron chi connectivity index (χ2n) is 8.12. The highest BCUT2D eigenvalue weighted by molar-refractivity contribution is 9.10. The summed E-state index contributed by atoms with van der Waals surface area (Å²) in [5.41, 5.74) is 2.21. The van der Waals surface area contributed by atoms with Gasteiger partial charge in [-0.25, -0.2) is 8.42 Å². The van der Waals surface area contributed by atoms with E-state index >= 15 is 0 Å². The zero-order valence-electron chi connectivity index (χ0n) is 19.5. The van der Waals surface area contributed by atoms with Crippen LogP contribution in [0.1, 0.15) is 10.4 Å². The van der Waals surface area contributed by atoms with Crippen LogP contribution in [0, 0.1) is 0 Å². The van der Waals surface area contributed by atoms with Crippen molar-refractivity contribution in [3.63, 3.8) is 0 Å². The summed E-state index contributed by atoms with van der Waals surface area (Å²) >= 11 is 6.71. The Bertz CT molecular complexity index is 1790. The first-order chi connectivity index (χ1) is 18.3. The third kappa shape index (κ3) is 5.42. The molecule has 4 aromatic carbocycles. The lowest BCUT2D eigenvalue weighted by Gasteiger charge is -2.13. The monoisotopic (exact) mass is 648 g/mol. The topological polar surface area (TPSA) is 101 Å². The van der Waals surface area contributed by atoms with E-state index in [1.807, 2.05) is 30.3 Å². The predicted octanol–water partition coefficient (Wildman–Crippen LogP) is 8.26. The minimum absolute atomic E-state index is 0.0264. The third-order valence-corrected chi connectivity index (χ3v) is 8.52. The summed E-state index contributed by atoms with van der Waals surface area (Å²) in [5, 5.41) is 12.2. The molecule has 7 nitrogen and oxygen atoms in total. The molecule has 0 fully saturated rings. The number of sulfone groups is 1. The van der Waals surface area contributed by atoms with E-state index in [-0.39, 0.29) is 15.4 Å². The summed E-state index contributed by atoms with van der Waals surface area (Å²) in [5.74, 6) is -0.572. The van der Waals surface area contributed by atoms with Gasteiger partial charge < -0.3 is 5.32 Å². The maximum atomic E-state index is 13.4. The number of aromatic nitrogens is 1. The Balaban J connectivity index is 1.48. The van der Waals surface area contributed by atoms with Gasteiger partial charge in [0.25, 0.3) is 5.91 Å². The van der Waals surface area contributed by atoms with Crippen molar-refractivity contribution >= 4 is 75.6 Å². The molecule has 0 unspecified atom stereocenters. The number of pyridine rings is 1. The molecule has 0 aliphatic carbocycles. The summed E-state index contributed by atoms with van der Waals surface area (Å²) in [4.78, 5) is 17.8. The molecule has 0 aliphatic rings. The van der Waals surface area contributed by atoms with E-state index in [2.05, 4.69) is 52.4 Å². The lowest BCUT2D eigenvalue weighted by atomic mass is 10.1. The molecular weight excluding hydrogens is 632 g/mol. The fourth-order valence-electron chi connectivity index (χ4n) is 3.78. The van der Waals surface area contributed by atoms with Crippen LogP contribution in [0.3, 0.4) is 0 Å². The van der Waals surface area contributed by atoms with Crippen LogP contribution in [-0.2, 0) is 9.84 Å². The molecule has 5 rings (SSSR count). The van der Waals surface area contributed by atoms with Gasteiger partial charge in [-0.1, -0.05) is 44.0 Å². The summed E-state index contributed by atoms with van der Waals surface area (Å²) in [7, 11) is -3.94. The number of carbonyl (C=O) groups is 1. The number of amides is 1. The zero-order chi connectivity index (χ0) is 26.7. The van der Waals surface area contributed by atoms with Crippen LogP contribution >= 0.6 is 31.9 Å².